The summed E-state index contributed by atoms with van der Waals surface area (Å²) in [5, 5.41) is 3.63. The number of amides is 2. The smallest absolute Gasteiger partial charge is 0.320 e. The van der Waals surface area contributed by atoms with Crippen molar-refractivity contribution in [1.29, 1.82) is 0 Å². The van der Waals surface area contributed by atoms with Crippen LogP contribution in [0.5, 0.6) is 0 Å². The fourth-order valence-corrected chi connectivity index (χ4v) is 5.18. The van der Waals surface area contributed by atoms with E-state index in [1.807, 2.05) is 0 Å². The highest BCUT2D eigenvalue weighted by Crippen LogP contribution is 2.36. The molecule has 4 aliphatic rings. The molecule has 5 rings (SSSR count). The highest BCUT2D eigenvalue weighted by Gasteiger charge is 2.47. The Bertz CT molecular complexity index is 783. The molecule has 29 heavy (non-hydrogen) atoms. The van der Waals surface area contributed by atoms with E-state index in [4.69, 9.17) is 9.47 Å². The van der Waals surface area contributed by atoms with Gasteiger partial charge in [0.05, 0.1) is 44.6 Å². The molecular weight excluding hydrogens is 366 g/mol. The number of hydrogen-bond acceptors (Lipinski definition) is 4. The summed E-state index contributed by atoms with van der Waals surface area (Å²) in [6.45, 7) is 12.0. The van der Waals surface area contributed by atoms with Gasteiger partial charge in [0.2, 0.25) is 0 Å². The number of carbonyl (C=O) groups is 1. The molecule has 6 nitrogen and oxygen atoms in total. The molecule has 0 radical (unpaired) electrons. The van der Waals surface area contributed by atoms with Crippen molar-refractivity contribution < 1.29 is 14.3 Å². The second-order valence-corrected chi connectivity index (χ2v) is 9.98. The first kappa shape index (κ1) is 19.3. The third-order valence-corrected chi connectivity index (χ3v) is 6.98. The number of rotatable bonds is 1. The largest absolute Gasteiger partial charge is 0.378 e. The minimum atomic E-state index is 0.0985. The third kappa shape index (κ3) is 3.45. The van der Waals surface area contributed by atoms with E-state index in [0.717, 1.165) is 32.5 Å². The van der Waals surface area contributed by atoms with Crippen molar-refractivity contribution in [3.05, 3.63) is 34.4 Å². The molecule has 2 unspecified atom stereocenters. The predicted octanol–water partition coefficient (Wildman–Crippen LogP) is 2.60. The molecule has 158 valence electrons. The summed E-state index contributed by atoms with van der Waals surface area (Å²) in [5.74, 6) is 0. The summed E-state index contributed by atoms with van der Waals surface area (Å²) < 4.78 is 11.3. The lowest BCUT2D eigenvalue weighted by Crippen LogP contribution is -2.68. The van der Waals surface area contributed by atoms with Crippen molar-refractivity contribution in [2.45, 2.75) is 63.7 Å². The van der Waals surface area contributed by atoms with Crippen LogP contribution in [-0.4, -0.2) is 67.4 Å². The maximum atomic E-state index is 13.3. The van der Waals surface area contributed by atoms with Crippen molar-refractivity contribution in [3.63, 3.8) is 0 Å². The molecule has 0 spiro atoms. The Morgan fingerprint density at radius 2 is 1.93 bits per heavy atom. The van der Waals surface area contributed by atoms with Crippen LogP contribution in [0.25, 0.3) is 0 Å². The second-order valence-electron chi connectivity index (χ2n) is 9.98. The van der Waals surface area contributed by atoms with Crippen LogP contribution in [0.3, 0.4) is 0 Å². The van der Waals surface area contributed by atoms with E-state index in [1.165, 1.54) is 22.3 Å². The van der Waals surface area contributed by atoms with E-state index in [9.17, 15) is 4.79 Å². The van der Waals surface area contributed by atoms with Gasteiger partial charge >= 0.3 is 6.03 Å². The molecule has 3 atom stereocenters. The average molecular weight is 400 g/mol. The second kappa shape index (κ2) is 7.25. The van der Waals surface area contributed by atoms with Gasteiger partial charge in [0, 0.05) is 19.6 Å². The van der Waals surface area contributed by atoms with Gasteiger partial charge in [-0.2, -0.15) is 0 Å². The highest BCUT2D eigenvalue weighted by molar-refractivity contribution is 5.77. The van der Waals surface area contributed by atoms with Crippen molar-refractivity contribution >= 4 is 6.03 Å². The highest BCUT2D eigenvalue weighted by atomic mass is 16.5. The topological polar surface area (TPSA) is 54.0 Å². The molecule has 1 aromatic rings. The molecule has 3 fully saturated rings. The molecule has 0 saturated carbocycles. The standard InChI is InChI=1S/C23H33N3O3/c1-23(2,3)16-8-15-4-6-25(22(27)26-17-10-18(26)13-29-12-17)11-20(15)19(9-16)21-14-28-7-5-24-21/h8-9,17-18,21,24H,4-7,10-14H2,1-3H3/t17?,18?,21-/m0/s1. The lowest BCUT2D eigenvalue weighted by Gasteiger charge is -2.53. The molecule has 2 bridgehead atoms. The van der Waals surface area contributed by atoms with E-state index >= 15 is 0 Å². The molecular formula is C23H33N3O3. The molecule has 2 amide bonds. The Morgan fingerprint density at radius 1 is 1.14 bits per heavy atom. The fourth-order valence-electron chi connectivity index (χ4n) is 5.18. The molecule has 6 heteroatoms. The first-order valence-corrected chi connectivity index (χ1v) is 11.0. The van der Waals surface area contributed by atoms with Crippen LogP contribution < -0.4 is 5.32 Å². The van der Waals surface area contributed by atoms with E-state index in [2.05, 4.69) is 48.0 Å². The number of carbonyl (C=O) groups excluding carboxylic acids is 1. The molecule has 4 aliphatic heterocycles. The van der Waals surface area contributed by atoms with Gasteiger partial charge in [0.15, 0.2) is 0 Å². The summed E-state index contributed by atoms with van der Waals surface area (Å²) in [7, 11) is 0. The normalized spacial score (nSPS) is 29.3. The fraction of sp³-hybridized carbons (Fsp3) is 0.696. The molecule has 0 aromatic heterocycles. The van der Waals surface area contributed by atoms with Crippen LogP contribution in [0.4, 0.5) is 4.79 Å². The van der Waals surface area contributed by atoms with Crippen LogP contribution in [0.1, 0.15) is 55.5 Å². The summed E-state index contributed by atoms with van der Waals surface area (Å²) >= 11 is 0. The van der Waals surface area contributed by atoms with Gasteiger partial charge in [-0.15, -0.1) is 0 Å². The van der Waals surface area contributed by atoms with Crippen LogP contribution in [-0.2, 0) is 27.9 Å². The Balaban J connectivity index is 1.45. The summed E-state index contributed by atoms with van der Waals surface area (Å²) in [5.41, 5.74) is 5.50. The van der Waals surface area contributed by atoms with Crippen LogP contribution in [0.15, 0.2) is 12.1 Å². The lowest BCUT2D eigenvalue weighted by atomic mass is 9.80. The zero-order valence-electron chi connectivity index (χ0n) is 17.9. The van der Waals surface area contributed by atoms with Crippen LogP contribution >= 0.6 is 0 Å². The zero-order valence-corrected chi connectivity index (χ0v) is 17.9. The third-order valence-electron chi connectivity index (χ3n) is 6.98. The number of urea groups is 1. The molecule has 1 N–H and O–H groups in total. The van der Waals surface area contributed by atoms with E-state index in [-0.39, 0.29) is 29.6 Å². The average Bonchev–Trinajstić information content (AvgIpc) is 2.73. The van der Waals surface area contributed by atoms with Crippen molar-refractivity contribution in [2.75, 3.05) is 39.5 Å². The quantitative estimate of drug-likeness (QED) is 0.789. The molecule has 1 aromatic carbocycles. The maximum Gasteiger partial charge on any atom is 0.320 e. The Hall–Kier alpha value is -1.63. The number of benzene rings is 1. The van der Waals surface area contributed by atoms with E-state index in [0.29, 0.717) is 26.4 Å². The van der Waals surface area contributed by atoms with Crippen molar-refractivity contribution in [1.82, 2.24) is 15.1 Å². The van der Waals surface area contributed by atoms with Gasteiger partial charge < -0.3 is 24.6 Å². The van der Waals surface area contributed by atoms with Crippen molar-refractivity contribution in [2.24, 2.45) is 0 Å². The Kier molecular flexibility index (Phi) is 4.84. The van der Waals surface area contributed by atoms with E-state index < -0.39 is 0 Å². The Morgan fingerprint density at radius 3 is 2.59 bits per heavy atom. The Labute approximate surface area is 173 Å². The number of fused-ring (bicyclic) bond motifs is 3. The molecule has 3 saturated heterocycles. The van der Waals surface area contributed by atoms with Gasteiger partial charge in [-0.1, -0.05) is 32.9 Å². The van der Waals surface area contributed by atoms with Gasteiger partial charge in [-0.25, -0.2) is 4.79 Å². The van der Waals surface area contributed by atoms with Crippen molar-refractivity contribution in [3.8, 4) is 0 Å². The zero-order chi connectivity index (χ0) is 20.2. The number of hydrogen-bond donors (Lipinski definition) is 1. The predicted molar refractivity (Wildman–Crippen MR) is 111 cm³/mol. The summed E-state index contributed by atoms with van der Waals surface area (Å²) in [6.07, 6.45) is 2.02. The van der Waals surface area contributed by atoms with Crippen LogP contribution in [0, 0.1) is 0 Å². The SMILES string of the molecule is CC(C)(C)c1cc2c(c([C@@H]3COCCN3)c1)CN(C(=O)N1C3COCC1C3)CC2. The minimum Gasteiger partial charge on any atom is -0.378 e. The maximum absolute atomic E-state index is 13.3. The number of morpholine rings is 2. The van der Waals surface area contributed by atoms with Gasteiger partial charge in [0.25, 0.3) is 0 Å². The van der Waals surface area contributed by atoms with E-state index in [1.54, 1.807) is 0 Å². The van der Waals surface area contributed by atoms with Gasteiger partial charge in [-0.3, -0.25) is 0 Å². The minimum absolute atomic E-state index is 0.0985. The number of nitrogens with one attached hydrogen (secondary N) is 1. The van der Waals surface area contributed by atoms with Crippen LogP contribution in [0.2, 0.25) is 0 Å². The first-order valence-electron chi connectivity index (χ1n) is 11.0. The van der Waals surface area contributed by atoms with Gasteiger partial charge in [0.1, 0.15) is 0 Å². The number of nitrogens with zero attached hydrogens (tertiary/aromatic N) is 2. The number of ether oxygens (including phenoxy) is 2. The van der Waals surface area contributed by atoms with Gasteiger partial charge in [-0.05, 0) is 40.5 Å². The summed E-state index contributed by atoms with van der Waals surface area (Å²) in [4.78, 5) is 17.4. The molecule has 0 aliphatic carbocycles. The monoisotopic (exact) mass is 399 g/mol. The lowest BCUT2D eigenvalue weighted by molar-refractivity contribution is -0.106. The molecule has 4 heterocycles. The summed E-state index contributed by atoms with van der Waals surface area (Å²) in [6, 6.07) is 5.67. The first-order chi connectivity index (χ1) is 13.9.